The number of unbranched alkanes of at least 4 members (excludes halogenated alkanes) is 3. The minimum absolute atomic E-state index is 0.0914. The monoisotopic (exact) mass is 634 g/mol. The Labute approximate surface area is 273 Å². The Balaban J connectivity index is 1.94. The third-order valence-electron chi connectivity index (χ3n) is 8.69. The van der Waals surface area contributed by atoms with Crippen molar-refractivity contribution in [3.05, 3.63) is 73.3 Å². The number of methoxy groups -OCH3 is 3. The van der Waals surface area contributed by atoms with Gasteiger partial charge in [0.2, 0.25) is 5.91 Å². The fourth-order valence-electron chi connectivity index (χ4n) is 6.01. The summed E-state index contributed by atoms with van der Waals surface area (Å²) in [5, 5.41) is 4.69. The first-order valence-electron chi connectivity index (χ1n) is 15.8. The van der Waals surface area contributed by atoms with Crippen LogP contribution in [0.2, 0.25) is 0 Å². The van der Waals surface area contributed by atoms with E-state index >= 15 is 0 Å². The molecule has 2 aromatic rings. The van der Waals surface area contributed by atoms with Crippen LogP contribution in [0.1, 0.15) is 69.9 Å². The smallest absolute Gasteiger partial charge is 0.407 e. The molecule has 2 aromatic carbocycles. The fraction of sp³-hybridized carbons (Fsp3) is 0.486. The summed E-state index contributed by atoms with van der Waals surface area (Å²) < 4.78 is 22.4. The van der Waals surface area contributed by atoms with E-state index in [0.29, 0.717) is 25.0 Å². The summed E-state index contributed by atoms with van der Waals surface area (Å²) in [7, 11) is 4.50. The molecular formula is C37H50N2O7. The quantitative estimate of drug-likeness (QED) is 0.114. The van der Waals surface area contributed by atoms with Crippen LogP contribution in [0.5, 0.6) is 5.75 Å². The Hall–Kier alpha value is -4.11. The molecule has 0 spiro atoms. The van der Waals surface area contributed by atoms with Crippen molar-refractivity contribution < 1.29 is 33.3 Å². The van der Waals surface area contributed by atoms with Crippen LogP contribution < -0.4 is 10.1 Å². The molecule has 0 radical (unpaired) electrons. The second-order valence-corrected chi connectivity index (χ2v) is 12.6. The van der Waals surface area contributed by atoms with E-state index in [2.05, 4.69) is 25.1 Å². The lowest BCUT2D eigenvalue weighted by molar-refractivity contribution is -0.151. The minimum atomic E-state index is -0.999. The molecule has 9 heteroatoms. The van der Waals surface area contributed by atoms with Gasteiger partial charge in [-0.25, -0.2) is 9.59 Å². The zero-order chi connectivity index (χ0) is 33.9. The number of carbonyl (C=O) groups excluding carboxylic acids is 3. The van der Waals surface area contributed by atoms with Gasteiger partial charge in [-0.3, -0.25) is 4.79 Å². The number of nitrogens with zero attached hydrogens (tertiary/aromatic N) is 1. The normalized spacial score (nSPS) is 18.5. The first-order valence-corrected chi connectivity index (χ1v) is 15.8. The summed E-state index contributed by atoms with van der Waals surface area (Å²) >= 11 is 0. The standard InChI is InChI=1S/C37H50N2O7/c1-9-12-13-14-15-16-30(38-35(42)46-25-36(4,5)19-10-2)33(40)39-24-37(45-8,23-31(39)34(41)44-7)29-18-17-27-22-32(43-6)26(11-3)20-28(27)21-29/h9-11,17-18,20-22,30-31H,1-3,12-16,19,23-25H2,4-8H3,(H,38,42)/t30-,31-,37-/m0/s1. The van der Waals surface area contributed by atoms with Crippen LogP contribution in [0.4, 0.5) is 4.79 Å². The molecule has 0 bridgehead atoms. The lowest BCUT2D eigenvalue weighted by atomic mass is 9.89. The highest BCUT2D eigenvalue weighted by molar-refractivity contribution is 5.91. The summed E-state index contributed by atoms with van der Waals surface area (Å²) in [5.41, 5.74) is 0.352. The maximum absolute atomic E-state index is 14.3. The number of amides is 2. The van der Waals surface area contributed by atoms with Gasteiger partial charge in [0, 0.05) is 24.5 Å². The van der Waals surface area contributed by atoms with Crippen molar-refractivity contribution in [2.45, 2.75) is 76.5 Å². The first-order chi connectivity index (χ1) is 22.0. The highest BCUT2D eigenvalue weighted by atomic mass is 16.5. The molecule has 0 aliphatic carbocycles. The molecule has 9 nitrogen and oxygen atoms in total. The number of allylic oxidation sites excluding steroid dienone is 2. The Kier molecular flexibility index (Phi) is 13.0. The lowest BCUT2D eigenvalue weighted by Gasteiger charge is -2.30. The summed E-state index contributed by atoms with van der Waals surface area (Å²) in [6.07, 6.45) is 9.26. The SMILES string of the molecule is C=CCCCCC[C@H](NC(=O)OCC(C)(C)CC=C)C(=O)N1C[C@](OC)(c2ccc3cc(OC)c(C=C)cc3c2)C[C@H]1C(=O)OC. The molecule has 1 heterocycles. The van der Waals surface area contributed by atoms with Crippen LogP contribution >= 0.6 is 0 Å². The van der Waals surface area contributed by atoms with Crippen LogP contribution in [-0.2, 0) is 29.4 Å². The van der Waals surface area contributed by atoms with E-state index in [-0.39, 0.29) is 30.9 Å². The number of ether oxygens (including phenoxy) is 4. The molecule has 1 fully saturated rings. The summed E-state index contributed by atoms with van der Waals surface area (Å²) in [4.78, 5) is 41.9. The molecule has 2 amide bonds. The molecular weight excluding hydrogens is 584 g/mol. The third kappa shape index (κ3) is 8.78. The number of rotatable bonds is 17. The molecule has 1 saturated heterocycles. The average molecular weight is 635 g/mol. The Morgan fingerprint density at radius 3 is 2.43 bits per heavy atom. The second-order valence-electron chi connectivity index (χ2n) is 12.6. The van der Waals surface area contributed by atoms with Gasteiger partial charge in [0.15, 0.2) is 0 Å². The minimum Gasteiger partial charge on any atom is -0.496 e. The van der Waals surface area contributed by atoms with Crippen LogP contribution in [0.15, 0.2) is 62.2 Å². The summed E-state index contributed by atoms with van der Waals surface area (Å²) in [5.74, 6) is -0.226. The van der Waals surface area contributed by atoms with Crippen LogP contribution in [0.25, 0.3) is 16.8 Å². The third-order valence-corrected chi connectivity index (χ3v) is 8.69. The predicted octanol–water partition coefficient (Wildman–Crippen LogP) is 6.94. The van der Waals surface area contributed by atoms with E-state index in [4.69, 9.17) is 18.9 Å². The number of likely N-dealkylation sites (tertiary alicyclic amines) is 1. The molecule has 1 aliphatic heterocycles. The van der Waals surface area contributed by atoms with Crippen molar-refractivity contribution in [2.24, 2.45) is 5.41 Å². The topological polar surface area (TPSA) is 103 Å². The van der Waals surface area contributed by atoms with Crippen LogP contribution in [0.3, 0.4) is 0 Å². The van der Waals surface area contributed by atoms with Crippen molar-refractivity contribution >= 4 is 34.8 Å². The van der Waals surface area contributed by atoms with Gasteiger partial charge in [0.1, 0.15) is 23.4 Å². The molecule has 0 saturated carbocycles. The fourth-order valence-corrected chi connectivity index (χ4v) is 6.01. The van der Waals surface area contributed by atoms with E-state index in [1.807, 2.05) is 50.3 Å². The summed E-state index contributed by atoms with van der Waals surface area (Å²) in [6, 6.07) is 8.02. The van der Waals surface area contributed by atoms with E-state index in [0.717, 1.165) is 41.2 Å². The predicted molar refractivity (Wildman–Crippen MR) is 182 cm³/mol. The van der Waals surface area contributed by atoms with Gasteiger partial charge in [0.05, 0.1) is 27.4 Å². The Morgan fingerprint density at radius 1 is 1.04 bits per heavy atom. The van der Waals surface area contributed by atoms with Crippen LogP contribution in [0, 0.1) is 5.41 Å². The van der Waals surface area contributed by atoms with Gasteiger partial charge in [-0.2, -0.15) is 0 Å². The molecule has 1 aliphatic rings. The molecule has 46 heavy (non-hydrogen) atoms. The number of hydrogen-bond donors (Lipinski definition) is 1. The molecule has 0 aromatic heterocycles. The van der Waals surface area contributed by atoms with E-state index < -0.39 is 29.7 Å². The maximum atomic E-state index is 14.3. The average Bonchev–Trinajstić information content (AvgIpc) is 3.46. The number of fused-ring (bicyclic) bond motifs is 1. The van der Waals surface area contributed by atoms with Crippen molar-refractivity contribution in [3.63, 3.8) is 0 Å². The zero-order valence-corrected chi connectivity index (χ0v) is 28.1. The largest absolute Gasteiger partial charge is 0.496 e. The zero-order valence-electron chi connectivity index (χ0n) is 28.1. The van der Waals surface area contributed by atoms with Gasteiger partial charge in [0.25, 0.3) is 0 Å². The van der Waals surface area contributed by atoms with Crippen LogP contribution in [-0.4, -0.2) is 69.4 Å². The second kappa shape index (κ2) is 16.5. The van der Waals surface area contributed by atoms with Crippen molar-refractivity contribution in [3.8, 4) is 5.75 Å². The number of carbonyl (C=O) groups is 3. The molecule has 1 N–H and O–H groups in total. The first kappa shape index (κ1) is 36.4. The molecule has 3 rings (SSSR count). The number of hydrogen-bond acceptors (Lipinski definition) is 7. The Morgan fingerprint density at radius 2 is 1.80 bits per heavy atom. The number of esters is 1. The van der Waals surface area contributed by atoms with E-state index in [1.54, 1.807) is 26.4 Å². The van der Waals surface area contributed by atoms with Gasteiger partial charge in [-0.1, -0.05) is 63.6 Å². The number of nitrogens with one attached hydrogen (secondary N) is 1. The van der Waals surface area contributed by atoms with Crippen molar-refractivity contribution in [2.75, 3.05) is 34.5 Å². The van der Waals surface area contributed by atoms with Crippen molar-refractivity contribution in [1.82, 2.24) is 10.2 Å². The van der Waals surface area contributed by atoms with Gasteiger partial charge >= 0.3 is 12.1 Å². The lowest BCUT2D eigenvalue weighted by Crippen LogP contribution is -2.52. The molecule has 3 atom stereocenters. The van der Waals surface area contributed by atoms with E-state index in [9.17, 15) is 14.4 Å². The highest BCUT2D eigenvalue weighted by Crippen LogP contribution is 2.41. The van der Waals surface area contributed by atoms with Crippen molar-refractivity contribution in [1.29, 1.82) is 0 Å². The Bertz CT molecular complexity index is 1420. The van der Waals surface area contributed by atoms with E-state index in [1.165, 1.54) is 12.0 Å². The molecule has 250 valence electrons. The van der Waals surface area contributed by atoms with Gasteiger partial charge < -0.3 is 29.2 Å². The van der Waals surface area contributed by atoms with Gasteiger partial charge in [-0.05, 0) is 60.2 Å². The van der Waals surface area contributed by atoms with Gasteiger partial charge in [-0.15, -0.1) is 13.2 Å². The summed E-state index contributed by atoms with van der Waals surface area (Å²) in [6.45, 7) is 15.6. The number of alkyl carbamates (subject to hydrolysis) is 1. The highest BCUT2D eigenvalue weighted by Gasteiger charge is 2.52. The maximum Gasteiger partial charge on any atom is 0.407 e. The number of benzene rings is 2. The molecule has 0 unspecified atom stereocenters.